The van der Waals surface area contributed by atoms with Crippen LogP contribution in [0.4, 0.5) is 0 Å². The SMILES string of the molecule is COCC(C)(CCO)NCc1ccc2c(c1)CCO2. The summed E-state index contributed by atoms with van der Waals surface area (Å²) in [5.41, 5.74) is 2.33. The Morgan fingerprint density at radius 1 is 1.47 bits per heavy atom. The van der Waals surface area contributed by atoms with E-state index in [1.165, 1.54) is 11.1 Å². The third kappa shape index (κ3) is 3.69. The van der Waals surface area contributed by atoms with Gasteiger partial charge in [0, 0.05) is 32.2 Å². The molecule has 0 saturated carbocycles. The van der Waals surface area contributed by atoms with E-state index in [4.69, 9.17) is 14.6 Å². The molecule has 0 bridgehead atoms. The van der Waals surface area contributed by atoms with Gasteiger partial charge in [-0.1, -0.05) is 12.1 Å². The fourth-order valence-electron chi connectivity index (χ4n) is 2.44. The third-order valence-electron chi connectivity index (χ3n) is 3.60. The van der Waals surface area contributed by atoms with Gasteiger partial charge in [0.2, 0.25) is 0 Å². The molecule has 1 aliphatic rings. The maximum absolute atomic E-state index is 9.14. The minimum absolute atomic E-state index is 0.158. The second-order valence-corrected chi connectivity index (χ2v) is 5.36. The van der Waals surface area contributed by atoms with Gasteiger partial charge in [-0.05, 0) is 30.5 Å². The van der Waals surface area contributed by atoms with Crippen LogP contribution in [0, 0.1) is 0 Å². The zero-order chi connectivity index (χ0) is 13.7. The number of nitrogens with one attached hydrogen (secondary N) is 1. The van der Waals surface area contributed by atoms with Crippen LogP contribution in [0.2, 0.25) is 0 Å². The molecule has 0 aliphatic carbocycles. The van der Waals surface area contributed by atoms with Gasteiger partial charge >= 0.3 is 0 Å². The Balaban J connectivity index is 1.97. The molecule has 1 aromatic carbocycles. The van der Waals surface area contributed by atoms with E-state index in [0.717, 1.165) is 25.3 Å². The number of methoxy groups -OCH3 is 1. The molecular formula is C15H23NO3. The van der Waals surface area contributed by atoms with Gasteiger partial charge in [0.15, 0.2) is 0 Å². The van der Waals surface area contributed by atoms with Gasteiger partial charge in [-0.15, -0.1) is 0 Å². The first-order valence-corrected chi connectivity index (χ1v) is 6.76. The molecule has 1 atom stereocenters. The van der Waals surface area contributed by atoms with Crippen molar-refractivity contribution < 1.29 is 14.6 Å². The molecular weight excluding hydrogens is 242 g/mol. The molecule has 0 amide bonds. The van der Waals surface area contributed by atoms with E-state index in [0.29, 0.717) is 13.0 Å². The monoisotopic (exact) mass is 265 g/mol. The Morgan fingerprint density at radius 2 is 2.32 bits per heavy atom. The Bertz CT molecular complexity index is 414. The van der Waals surface area contributed by atoms with E-state index in [1.807, 2.05) is 6.07 Å². The number of ether oxygens (including phenoxy) is 2. The van der Waals surface area contributed by atoms with Crippen molar-refractivity contribution in [2.45, 2.75) is 31.8 Å². The van der Waals surface area contributed by atoms with Crippen LogP contribution in [0.1, 0.15) is 24.5 Å². The van der Waals surface area contributed by atoms with E-state index >= 15 is 0 Å². The lowest BCUT2D eigenvalue weighted by Gasteiger charge is -2.29. The molecule has 0 fully saturated rings. The zero-order valence-electron chi connectivity index (χ0n) is 11.7. The van der Waals surface area contributed by atoms with Crippen LogP contribution >= 0.6 is 0 Å². The third-order valence-corrected chi connectivity index (χ3v) is 3.60. The van der Waals surface area contributed by atoms with Crippen LogP contribution in [-0.2, 0) is 17.7 Å². The Labute approximate surface area is 114 Å². The van der Waals surface area contributed by atoms with Crippen LogP contribution < -0.4 is 10.1 Å². The molecule has 4 heteroatoms. The van der Waals surface area contributed by atoms with Crippen LogP contribution in [0.5, 0.6) is 5.75 Å². The van der Waals surface area contributed by atoms with Crippen molar-refractivity contribution >= 4 is 0 Å². The first kappa shape index (κ1) is 14.3. The molecule has 0 spiro atoms. The summed E-state index contributed by atoms with van der Waals surface area (Å²) in [6.07, 6.45) is 1.67. The molecule has 0 aromatic heterocycles. The van der Waals surface area contributed by atoms with Gasteiger partial charge < -0.3 is 19.9 Å². The Morgan fingerprint density at radius 3 is 3.05 bits per heavy atom. The molecule has 2 rings (SSSR count). The van der Waals surface area contributed by atoms with Crippen LogP contribution in [0.25, 0.3) is 0 Å². The summed E-state index contributed by atoms with van der Waals surface area (Å²) in [5, 5.41) is 12.6. The topological polar surface area (TPSA) is 50.7 Å². The molecule has 1 aliphatic heterocycles. The summed E-state index contributed by atoms with van der Waals surface area (Å²) in [4.78, 5) is 0. The Hall–Kier alpha value is -1.10. The number of benzene rings is 1. The molecule has 1 unspecified atom stereocenters. The second-order valence-electron chi connectivity index (χ2n) is 5.36. The highest BCUT2D eigenvalue weighted by Gasteiger charge is 2.23. The predicted octanol–water partition coefficient (Wildman–Crippen LogP) is 1.50. The van der Waals surface area contributed by atoms with E-state index in [9.17, 15) is 0 Å². The van der Waals surface area contributed by atoms with Crippen LogP contribution in [0.3, 0.4) is 0 Å². The summed E-state index contributed by atoms with van der Waals surface area (Å²) >= 11 is 0. The molecule has 4 nitrogen and oxygen atoms in total. The quantitative estimate of drug-likeness (QED) is 0.784. The van der Waals surface area contributed by atoms with Crippen LogP contribution in [-0.4, -0.2) is 37.6 Å². The van der Waals surface area contributed by atoms with Gasteiger partial charge in [0.05, 0.1) is 13.2 Å². The summed E-state index contributed by atoms with van der Waals surface area (Å²) in [6.45, 7) is 4.38. The van der Waals surface area contributed by atoms with Gasteiger partial charge in [-0.25, -0.2) is 0 Å². The fourth-order valence-corrected chi connectivity index (χ4v) is 2.44. The summed E-state index contributed by atoms with van der Waals surface area (Å²) in [6, 6.07) is 6.32. The second kappa shape index (κ2) is 6.37. The smallest absolute Gasteiger partial charge is 0.122 e. The summed E-state index contributed by atoms with van der Waals surface area (Å²) < 4.78 is 10.7. The van der Waals surface area contributed by atoms with Crippen LogP contribution in [0.15, 0.2) is 18.2 Å². The van der Waals surface area contributed by atoms with Crippen molar-refractivity contribution in [3.63, 3.8) is 0 Å². The Kier molecular flexibility index (Phi) is 4.80. The first-order chi connectivity index (χ1) is 9.17. The lowest BCUT2D eigenvalue weighted by molar-refractivity contribution is 0.0969. The zero-order valence-corrected chi connectivity index (χ0v) is 11.7. The predicted molar refractivity (Wildman–Crippen MR) is 74.5 cm³/mol. The summed E-state index contributed by atoms with van der Waals surface area (Å²) in [5.74, 6) is 1.01. The summed E-state index contributed by atoms with van der Waals surface area (Å²) in [7, 11) is 1.68. The van der Waals surface area contributed by atoms with E-state index in [2.05, 4.69) is 24.4 Å². The molecule has 106 valence electrons. The van der Waals surface area contributed by atoms with Gasteiger partial charge in [0.1, 0.15) is 5.75 Å². The lowest BCUT2D eigenvalue weighted by atomic mass is 9.98. The van der Waals surface area contributed by atoms with Gasteiger partial charge in [0.25, 0.3) is 0 Å². The molecule has 1 heterocycles. The molecule has 0 saturated heterocycles. The minimum Gasteiger partial charge on any atom is -0.493 e. The van der Waals surface area contributed by atoms with Gasteiger partial charge in [-0.2, -0.15) is 0 Å². The lowest BCUT2D eigenvalue weighted by Crippen LogP contribution is -2.46. The maximum Gasteiger partial charge on any atom is 0.122 e. The normalized spacial score (nSPS) is 16.8. The highest BCUT2D eigenvalue weighted by atomic mass is 16.5. The fraction of sp³-hybridized carbons (Fsp3) is 0.600. The number of aliphatic hydroxyl groups excluding tert-OH is 1. The number of aliphatic hydroxyl groups is 1. The minimum atomic E-state index is -0.195. The number of fused-ring (bicyclic) bond motifs is 1. The molecule has 0 radical (unpaired) electrons. The first-order valence-electron chi connectivity index (χ1n) is 6.76. The van der Waals surface area contributed by atoms with Crippen molar-refractivity contribution in [2.24, 2.45) is 0 Å². The maximum atomic E-state index is 9.14. The molecule has 1 aromatic rings. The van der Waals surface area contributed by atoms with E-state index in [1.54, 1.807) is 7.11 Å². The molecule has 2 N–H and O–H groups in total. The van der Waals surface area contributed by atoms with Crippen molar-refractivity contribution in [3.8, 4) is 5.75 Å². The number of hydrogen-bond acceptors (Lipinski definition) is 4. The van der Waals surface area contributed by atoms with Crippen molar-refractivity contribution in [1.29, 1.82) is 0 Å². The molecule has 19 heavy (non-hydrogen) atoms. The highest BCUT2D eigenvalue weighted by Crippen LogP contribution is 2.26. The van der Waals surface area contributed by atoms with Crippen molar-refractivity contribution in [3.05, 3.63) is 29.3 Å². The van der Waals surface area contributed by atoms with Gasteiger partial charge in [-0.3, -0.25) is 0 Å². The number of rotatable bonds is 7. The number of hydrogen-bond donors (Lipinski definition) is 2. The largest absolute Gasteiger partial charge is 0.493 e. The van der Waals surface area contributed by atoms with Crippen molar-refractivity contribution in [1.82, 2.24) is 5.32 Å². The van der Waals surface area contributed by atoms with E-state index < -0.39 is 0 Å². The average molecular weight is 265 g/mol. The average Bonchev–Trinajstić information content (AvgIpc) is 2.84. The highest BCUT2D eigenvalue weighted by molar-refractivity contribution is 5.39. The van der Waals surface area contributed by atoms with Crippen molar-refractivity contribution in [2.75, 3.05) is 26.9 Å². The van der Waals surface area contributed by atoms with E-state index in [-0.39, 0.29) is 12.1 Å². The standard InChI is InChI=1S/C15H23NO3/c1-15(6-7-17,11-18-2)16-10-12-3-4-14-13(9-12)5-8-19-14/h3-4,9,16-17H,5-8,10-11H2,1-2H3.